The number of aromatic nitrogens is 3. The molecule has 1 heterocycles. The average molecular weight is 456 g/mol. The normalized spacial score (nSPS) is 11.9. The SMILES string of the molecule is CCOc1ccc(NC(=O)C(C)Sc2nnc(COc3ccc(C(C)C)cc3)n2N)cc1. The summed E-state index contributed by atoms with van der Waals surface area (Å²) in [6.07, 6.45) is 0. The zero-order valence-electron chi connectivity index (χ0n) is 18.7. The van der Waals surface area contributed by atoms with Crippen LogP contribution in [0, 0.1) is 0 Å². The van der Waals surface area contributed by atoms with Crippen LogP contribution in [0.4, 0.5) is 5.69 Å². The van der Waals surface area contributed by atoms with Crippen molar-refractivity contribution in [2.45, 2.75) is 50.6 Å². The number of carbonyl (C=O) groups is 1. The van der Waals surface area contributed by atoms with Gasteiger partial charge >= 0.3 is 0 Å². The summed E-state index contributed by atoms with van der Waals surface area (Å²) in [7, 11) is 0. The fraction of sp³-hybridized carbons (Fsp3) is 0.348. The largest absolute Gasteiger partial charge is 0.494 e. The molecule has 170 valence electrons. The van der Waals surface area contributed by atoms with Crippen molar-refractivity contribution >= 4 is 23.4 Å². The summed E-state index contributed by atoms with van der Waals surface area (Å²) < 4.78 is 12.5. The van der Waals surface area contributed by atoms with E-state index in [0.717, 1.165) is 11.5 Å². The maximum absolute atomic E-state index is 12.5. The van der Waals surface area contributed by atoms with E-state index in [1.807, 2.05) is 43.3 Å². The topological polar surface area (TPSA) is 104 Å². The highest BCUT2D eigenvalue weighted by atomic mass is 32.2. The van der Waals surface area contributed by atoms with E-state index in [1.54, 1.807) is 19.1 Å². The first kappa shape index (κ1) is 23.5. The average Bonchev–Trinajstić information content (AvgIpc) is 3.13. The molecule has 1 unspecified atom stereocenters. The number of nitrogens with two attached hydrogens (primary N) is 1. The second kappa shape index (κ2) is 10.9. The molecule has 1 atom stereocenters. The number of nitrogens with one attached hydrogen (secondary N) is 1. The molecule has 3 N–H and O–H groups in total. The number of rotatable bonds is 10. The number of hydrogen-bond donors (Lipinski definition) is 2. The summed E-state index contributed by atoms with van der Waals surface area (Å²) in [6, 6.07) is 15.2. The highest BCUT2D eigenvalue weighted by Gasteiger charge is 2.20. The van der Waals surface area contributed by atoms with Gasteiger partial charge in [0, 0.05) is 5.69 Å². The van der Waals surface area contributed by atoms with E-state index in [4.69, 9.17) is 15.3 Å². The monoisotopic (exact) mass is 455 g/mol. The van der Waals surface area contributed by atoms with E-state index < -0.39 is 5.25 Å². The molecule has 3 aromatic rings. The van der Waals surface area contributed by atoms with Gasteiger partial charge in [-0.2, -0.15) is 0 Å². The number of nitrogens with zero attached hydrogens (tertiary/aromatic N) is 3. The number of anilines is 1. The van der Waals surface area contributed by atoms with Gasteiger partial charge in [-0.1, -0.05) is 37.7 Å². The quantitative estimate of drug-likeness (QED) is 0.348. The minimum Gasteiger partial charge on any atom is -0.494 e. The van der Waals surface area contributed by atoms with Crippen LogP contribution in [-0.4, -0.2) is 32.6 Å². The van der Waals surface area contributed by atoms with Crippen molar-refractivity contribution in [1.82, 2.24) is 14.9 Å². The van der Waals surface area contributed by atoms with Crippen molar-refractivity contribution in [3.05, 3.63) is 59.9 Å². The van der Waals surface area contributed by atoms with Crippen LogP contribution in [0.2, 0.25) is 0 Å². The maximum atomic E-state index is 12.5. The number of nitrogen functional groups attached to an aromatic ring is 1. The van der Waals surface area contributed by atoms with Gasteiger partial charge in [-0.25, -0.2) is 4.68 Å². The zero-order chi connectivity index (χ0) is 23.1. The molecule has 1 amide bonds. The van der Waals surface area contributed by atoms with Gasteiger partial charge in [0.2, 0.25) is 11.1 Å². The second-order valence-corrected chi connectivity index (χ2v) is 8.80. The Morgan fingerprint density at radius 3 is 2.28 bits per heavy atom. The summed E-state index contributed by atoms with van der Waals surface area (Å²) in [4.78, 5) is 12.5. The minimum absolute atomic E-state index is 0.162. The Morgan fingerprint density at radius 2 is 1.66 bits per heavy atom. The summed E-state index contributed by atoms with van der Waals surface area (Å²) in [6.45, 7) is 8.77. The molecule has 0 spiro atoms. The van der Waals surface area contributed by atoms with Crippen molar-refractivity contribution in [3.63, 3.8) is 0 Å². The van der Waals surface area contributed by atoms with Gasteiger partial charge in [-0.05, 0) is 61.7 Å². The summed E-state index contributed by atoms with van der Waals surface area (Å²) >= 11 is 1.23. The first-order valence-electron chi connectivity index (χ1n) is 10.5. The van der Waals surface area contributed by atoms with Crippen LogP contribution in [0.3, 0.4) is 0 Å². The fourth-order valence-electron chi connectivity index (χ4n) is 2.84. The third-order valence-electron chi connectivity index (χ3n) is 4.73. The molecule has 0 saturated carbocycles. The van der Waals surface area contributed by atoms with Crippen LogP contribution in [0.15, 0.2) is 53.7 Å². The van der Waals surface area contributed by atoms with Crippen LogP contribution >= 0.6 is 11.8 Å². The van der Waals surface area contributed by atoms with E-state index in [-0.39, 0.29) is 12.5 Å². The Labute approximate surface area is 192 Å². The highest BCUT2D eigenvalue weighted by molar-refractivity contribution is 8.00. The number of carbonyl (C=O) groups excluding carboxylic acids is 1. The van der Waals surface area contributed by atoms with Gasteiger partial charge in [0.1, 0.15) is 18.1 Å². The molecule has 0 aliphatic heterocycles. The van der Waals surface area contributed by atoms with Crippen molar-refractivity contribution in [1.29, 1.82) is 0 Å². The molecule has 0 aliphatic carbocycles. The Kier molecular flexibility index (Phi) is 7.99. The van der Waals surface area contributed by atoms with E-state index >= 15 is 0 Å². The standard InChI is InChI=1S/C23H29N5O3S/c1-5-30-19-12-8-18(9-13-19)25-22(29)16(4)32-23-27-26-21(28(23)24)14-31-20-10-6-17(7-11-20)15(2)3/h6-13,15-16H,5,14,24H2,1-4H3,(H,25,29). The van der Waals surface area contributed by atoms with E-state index in [0.29, 0.717) is 29.2 Å². The number of hydrogen-bond acceptors (Lipinski definition) is 7. The molecule has 8 nitrogen and oxygen atoms in total. The fourth-order valence-corrected chi connectivity index (χ4v) is 3.63. The van der Waals surface area contributed by atoms with Crippen LogP contribution in [0.5, 0.6) is 11.5 Å². The smallest absolute Gasteiger partial charge is 0.237 e. The molecular weight excluding hydrogens is 426 g/mol. The molecule has 3 rings (SSSR count). The summed E-state index contributed by atoms with van der Waals surface area (Å²) in [5.41, 5.74) is 1.94. The summed E-state index contributed by atoms with van der Waals surface area (Å²) in [5, 5.41) is 11.1. The lowest BCUT2D eigenvalue weighted by Crippen LogP contribution is -2.24. The Bertz CT molecular complexity index is 1020. The van der Waals surface area contributed by atoms with Gasteiger partial charge in [-0.15, -0.1) is 10.2 Å². The van der Waals surface area contributed by atoms with Crippen molar-refractivity contribution < 1.29 is 14.3 Å². The van der Waals surface area contributed by atoms with Crippen molar-refractivity contribution in [3.8, 4) is 11.5 Å². The molecule has 1 aromatic heterocycles. The first-order valence-corrected chi connectivity index (χ1v) is 11.4. The Morgan fingerprint density at radius 1 is 1.03 bits per heavy atom. The van der Waals surface area contributed by atoms with Gasteiger partial charge in [0.15, 0.2) is 5.82 Å². The van der Waals surface area contributed by atoms with Crippen LogP contribution in [0.25, 0.3) is 0 Å². The molecule has 2 aromatic carbocycles. The zero-order valence-corrected chi connectivity index (χ0v) is 19.6. The van der Waals surface area contributed by atoms with Gasteiger partial charge in [0.25, 0.3) is 0 Å². The Hall–Kier alpha value is -3.20. The van der Waals surface area contributed by atoms with E-state index in [2.05, 4.69) is 29.4 Å². The molecule has 0 saturated heterocycles. The number of benzene rings is 2. The number of amides is 1. The van der Waals surface area contributed by atoms with Crippen molar-refractivity contribution in [2.75, 3.05) is 17.8 Å². The number of thioether (sulfide) groups is 1. The maximum Gasteiger partial charge on any atom is 0.237 e. The minimum atomic E-state index is -0.426. The molecule has 0 fully saturated rings. The van der Waals surface area contributed by atoms with E-state index in [1.165, 1.54) is 22.0 Å². The second-order valence-electron chi connectivity index (χ2n) is 7.49. The first-order chi connectivity index (χ1) is 15.4. The predicted octanol–water partition coefficient (Wildman–Crippen LogP) is 4.21. The van der Waals surface area contributed by atoms with Gasteiger partial charge in [0.05, 0.1) is 11.9 Å². The molecule has 0 aliphatic rings. The van der Waals surface area contributed by atoms with Gasteiger partial charge in [-0.3, -0.25) is 4.79 Å². The lowest BCUT2D eigenvalue weighted by Gasteiger charge is -2.12. The molecule has 9 heteroatoms. The van der Waals surface area contributed by atoms with Crippen LogP contribution < -0.4 is 20.6 Å². The lowest BCUT2D eigenvalue weighted by atomic mass is 10.0. The summed E-state index contributed by atoms with van der Waals surface area (Å²) in [5.74, 6) is 8.39. The Balaban J connectivity index is 1.54. The molecule has 32 heavy (non-hydrogen) atoms. The third-order valence-corrected chi connectivity index (χ3v) is 5.79. The van der Waals surface area contributed by atoms with Crippen molar-refractivity contribution in [2.24, 2.45) is 0 Å². The predicted molar refractivity (Wildman–Crippen MR) is 127 cm³/mol. The van der Waals surface area contributed by atoms with Gasteiger partial charge < -0.3 is 20.6 Å². The van der Waals surface area contributed by atoms with Crippen LogP contribution in [0.1, 0.15) is 45.0 Å². The van der Waals surface area contributed by atoms with Crippen LogP contribution in [-0.2, 0) is 11.4 Å². The molecular formula is C23H29N5O3S. The molecule has 0 bridgehead atoms. The van der Waals surface area contributed by atoms with E-state index in [9.17, 15) is 4.79 Å². The third kappa shape index (κ3) is 6.16. The lowest BCUT2D eigenvalue weighted by molar-refractivity contribution is -0.115. The highest BCUT2D eigenvalue weighted by Crippen LogP contribution is 2.24. The number of ether oxygens (including phenoxy) is 2. The molecule has 0 radical (unpaired) electrons.